The van der Waals surface area contributed by atoms with E-state index in [0.717, 1.165) is 22.0 Å². The van der Waals surface area contributed by atoms with Crippen molar-refractivity contribution in [3.05, 3.63) is 91.4 Å². The van der Waals surface area contributed by atoms with Gasteiger partial charge in [0.1, 0.15) is 6.26 Å². The predicted octanol–water partition coefficient (Wildman–Crippen LogP) is 3.61. The SMILES string of the molecule is COc1cccc(C(OC)(C(=O)Nc2cncc(-c3cncc4cccnc34)c2)c2ncco2)n1. The predicted molar refractivity (Wildman–Crippen MR) is 126 cm³/mol. The van der Waals surface area contributed by atoms with Crippen LogP contribution in [0.4, 0.5) is 5.69 Å². The highest BCUT2D eigenvalue weighted by Gasteiger charge is 2.48. The van der Waals surface area contributed by atoms with Crippen molar-refractivity contribution in [3.63, 3.8) is 0 Å². The van der Waals surface area contributed by atoms with Crippen molar-refractivity contribution in [1.29, 1.82) is 0 Å². The van der Waals surface area contributed by atoms with Crippen molar-refractivity contribution in [1.82, 2.24) is 24.9 Å². The molecule has 1 amide bonds. The minimum Gasteiger partial charge on any atom is -0.481 e. The second kappa shape index (κ2) is 9.27. The van der Waals surface area contributed by atoms with Gasteiger partial charge in [-0.2, -0.15) is 0 Å². The van der Waals surface area contributed by atoms with E-state index in [1.807, 2.05) is 12.1 Å². The van der Waals surface area contributed by atoms with Gasteiger partial charge in [-0.05, 0) is 24.3 Å². The summed E-state index contributed by atoms with van der Waals surface area (Å²) in [7, 11) is 2.87. The number of nitrogens with one attached hydrogen (secondary N) is 1. The lowest BCUT2D eigenvalue weighted by Crippen LogP contribution is -2.44. The van der Waals surface area contributed by atoms with E-state index in [9.17, 15) is 4.79 Å². The number of carbonyl (C=O) groups is 1. The molecule has 0 radical (unpaired) electrons. The van der Waals surface area contributed by atoms with Crippen LogP contribution in [-0.4, -0.2) is 45.0 Å². The highest BCUT2D eigenvalue weighted by molar-refractivity contribution is 6.00. The maximum Gasteiger partial charge on any atom is 0.272 e. The molecule has 0 aliphatic carbocycles. The first-order chi connectivity index (χ1) is 17.2. The van der Waals surface area contributed by atoms with Gasteiger partial charge in [0.15, 0.2) is 0 Å². The summed E-state index contributed by atoms with van der Waals surface area (Å²) in [6.45, 7) is 0. The molecule has 0 aromatic carbocycles. The Bertz CT molecular complexity index is 1490. The number of amides is 1. The van der Waals surface area contributed by atoms with Crippen LogP contribution in [-0.2, 0) is 15.1 Å². The van der Waals surface area contributed by atoms with Crippen LogP contribution in [0, 0.1) is 0 Å². The molecule has 10 heteroatoms. The maximum absolute atomic E-state index is 13.8. The lowest BCUT2D eigenvalue weighted by molar-refractivity contribution is -0.136. The molecule has 0 spiro atoms. The number of carbonyl (C=O) groups excluding carboxylic acids is 1. The van der Waals surface area contributed by atoms with Crippen LogP contribution in [0.15, 0.2) is 84.3 Å². The van der Waals surface area contributed by atoms with Gasteiger partial charge in [0, 0.05) is 54.5 Å². The third-order valence-electron chi connectivity index (χ3n) is 5.47. The Balaban J connectivity index is 1.55. The Kier molecular flexibility index (Phi) is 5.86. The fraction of sp³-hybridized carbons (Fsp3) is 0.120. The fourth-order valence-corrected chi connectivity index (χ4v) is 3.82. The zero-order chi connectivity index (χ0) is 24.3. The first-order valence-corrected chi connectivity index (χ1v) is 10.6. The van der Waals surface area contributed by atoms with Gasteiger partial charge in [0.25, 0.3) is 11.5 Å². The number of fused-ring (bicyclic) bond motifs is 1. The molecule has 0 aliphatic rings. The van der Waals surface area contributed by atoms with E-state index in [0.29, 0.717) is 11.6 Å². The molecular formula is C25H20N6O4. The molecule has 0 fully saturated rings. The van der Waals surface area contributed by atoms with Gasteiger partial charge >= 0.3 is 0 Å². The van der Waals surface area contributed by atoms with E-state index in [2.05, 4.69) is 30.2 Å². The highest BCUT2D eigenvalue weighted by Crippen LogP contribution is 2.34. The molecule has 1 atom stereocenters. The van der Waals surface area contributed by atoms with Crippen LogP contribution >= 0.6 is 0 Å². The van der Waals surface area contributed by atoms with E-state index < -0.39 is 11.5 Å². The summed E-state index contributed by atoms with van der Waals surface area (Å²) in [4.78, 5) is 35.4. The van der Waals surface area contributed by atoms with Crippen LogP contribution in [0.2, 0.25) is 0 Å². The lowest BCUT2D eigenvalue weighted by atomic mass is 9.96. The molecule has 0 aliphatic heterocycles. The minimum atomic E-state index is -1.78. The van der Waals surface area contributed by atoms with Gasteiger partial charge in [0.05, 0.1) is 36.4 Å². The molecule has 10 nitrogen and oxygen atoms in total. The van der Waals surface area contributed by atoms with Crippen LogP contribution in [0.5, 0.6) is 5.88 Å². The molecule has 174 valence electrons. The number of ether oxygens (including phenoxy) is 2. The Labute approximate surface area is 200 Å². The van der Waals surface area contributed by atoms with E-state index in [1.165, 1.54) is 32.9 Å². The second-order valence-electron chi connectivity index (χ2n) is 7.47. The summed E-state index contributed by atoms with van der Waals surface area (Å²) in [6, 6.07) is 10.6. The molecule has 1 N–H and O–H groups in total. The van der Waals surface area contributed by atoms with E-state index in [-0.39, 0.29) is 11.6 Å². The third-order valence-corrected chi connectivity index (χ3v) is 5.47. The number of rotatable bonds is 7. The van der Waals surface area contributed by atoms with E-state index in [1.54, 1.807) is 49.1 Å². The van der Waals surface area contributed by atoms with Gasteiger partial charge in [-0.3, -0.25) is 19.7 Å². The largest absolute Gasteiger partial charge is 0.481 e. The van der Waals surface area contributed by atoms with Crippen LogP contribution in [0.3, 0.4) is 0 Å². The Morgan fingerprint density at radius 3 is 2.69 bits per heavy atom. The topological polar surface area (TPSA) is 125 Å². The number of anilines is 1. The van der Waals surface area contributed by atoms with Gasteiger partial charge < -0.3 is 19.2 Å². The summed E-state index contributed by atoms with van der Waals surface area (Å²) in [6.07, 6.45) is 11.2. The molecule has 0 saturated heterocycles. The molecule has 35 heavy (non-hydrogen) atoms. The molecule has 0 saturated carbocycles. The van der Waals surface area contributed by atoms with Crippen LogP contribution in [0.25, 0.3) is 22.0 Å². The summed E-state index contributed by atoms with van der Waals surface area (Å²) in [5.74, 6) is -0.246. The maximum atomic E-state index is 13.8. The van der Waals surface area contributed by atoms with Crippen molar-refractivity contribution in [2.24, 2.45) is 0 Å². The number of nitrogens with zero attached hydrogens (tertiary/aromatic N) is 5. The zero-order valence-corrected chi connectivity index (χ0v) is 18.9. The van der Waals surface area contributed by atoms with Crippen molar-refractivity contribution < 1.29 is 18.7 Å². The van der Waals surface area contributed by atoms with Crippen molar-refractivity contribution in [2.75, 3.05) is 19.5 Å². The van der Waals surface area contributed by atoms with E-state index >= 15 is 0 Å². The van der Waals surface area contributed by atoms with Gasteiger partial charge in [-0.15, -0.1) is 0 Å². The summed E-state index contributed by atoms with van der Waals surface area (Å²) in [5, 5.41) is 3.76. The molecular weight excluding hydrogens is 448 g/mol. The molecule has 5 rings (SSSR count). The first kappa shape index (κ1) is 22.1. The molecule has 5 heterocycles. The summed E-state index contributed by atoms with van der Waals surface area (Å²) < 4.78 is 16.5. The number of methoxy groups -OCH3 is 2. The van der Waals surface area contributed by atoms with Crippen molar-refractivity contribution in [2.45, 2.75) is 5.60 Å². The first-order valence-electron chi connectivity index (χ1n) is 10.6. The monoisotopic (exact) mass is 468 g/mol. The molecule has 5 aromatic rings. The van der Waals surface area contributed by atoms with Gasteiger partial charge in [-0.1, -0.05) is 6.07 Å². The summed E-state index contributed by atoms with van der Waals surface area (Å²) >= 11 is 0. The normalized spacial score (nSPS) is 12.7. The van der Waals surface area contributed by atoms with Gasteiger partial charge in [0.2, 0.25) is 11.8 Å². The van der Waals surface area contributed by atoms with Crippen molar-refractivity contribution in [3.8, 4) is 17.0 Å². The molecule has 0 bridgehead atoms. The Morgan fingerprint density at radius 1 is 1.00 bits per heavy atom. The minimum absolute atomic E-state index is 0.0184. The summed E-state index contributed by atoms with van der Waals surface area (Å²) in [5.41, 5.74) is 1.18. The Hall–Kier alpha value is -4.70. The quantitative estimate of drug-likeness (QED) is 0.381. The van der Waals surface area contributed by atoms with Gasteiger partial charge in [-0.25, -0.2) is 9.97 Å². The Morgan fingerprint density at radius 2 is 1.89 bits per heavy atom. The standard InChI is InChI=1S/C25H20N6O4/c1-33-21-7-3-6-20(31-21)25(34-2,24-29-9-10-35-24)23(32)30-18-11-17(13-26-14-18)19-15-27-12-16-5-4-8-28-22(16)19/h3-15H,1-2H3,(H,30,32). The number of pyridine rings is 4. The number of oxazole rings is 1. The smallest absolute Gasteiger partial charge is 0.272 e. The molecule has 1 unspecified atom stereocenters. The average molecular weight is 468 g/mol. The van der Waals surface area contributed by atoms with Crippen LogP contribution < -0.4 is 10.1 Å². The number of hydrogen-bond acceptors (Lipinski definition) is 9. The number of aromatic nitrogens is 5. The second-order valence-corrected chi connectivity index (χ2v) is 7.47. The zero-order valence-electron chi connectivity index (χ0n) is 18.9. The van der Waals surface area contributed by atoms with E-state index in [4.69, 9.17) is 13.9 Å². The third kappa shape index (κ3) is 3.96. The van der Waals surface area contributed by atoms with Crippen molar-refractivity contribution >= 4 is 22.5 Å². The average Bonchev–Trinajstić information content (AvgIpc) is 3.45. The molecule has 5 aromatic heterocycles. The highest BCUT2D eigenvalue weighted by atomic mass is 16.5. The number of hydrogen-bond donors (Lipinski definition) is 1. The van der Waals surface area contributed by atoms with Crippen LogP contribution in [0.1, 0.15) is 11.6 Å². The fourth-order valence-electron chi connectivity index (χ4n) is 3.82. The lowest BCUT2D eigenvalue weighted by Gasteiger charge is -2.27.